The number of carboxylic acids is 1. The molecule has 1 aliphatic rings. The van der Waals surface area contributed by atoms with Gasteiger partial charge in [-0.15, -0.1) is 0 Å². The Labute approximate surface area is 167 Å². The Bertz CT molecular complexity index is 1030. The van der Waals surface area contributed by atoms with Crippen LogP contribution in [0.1, 0.15) is 21.5 Å². The summed E-state index contributed by atoms with van der Waals surface area (Å²) >= 11 is 12.3. The molecule has 1 N–H and O–H groups in total. The van der Waals surface area contributed by atoms with Gasteiger partial charge in [0.05, 0.1) is 5.56 Å². The molecular weight excluding hydrogens is 381 g/mol. The zero-order valence-electron chi connectivity index (χ0n) is 14.5. The summed E-state index contributed by atoms with van der Waals surface area (Å²) in [6.07, 6.45) is 0.982. The molecule has 27 heavy (non-hydrogen) atoms. The van der Waals surface area contributed by atoms with Crippen LogP contribution in [0.15, 0.2) is 60.7 Å². The monoisotopic (exact) mass is 397 g/mol. The Morgan fingerprint density at radius 1 is 1.00 bits per heavy atom. The van der Waals surface area contributed by atoms with Crippen molar-refractivity contribution in [2.45, 2.75) is 13.0 Å². The molecule has 0 radical (unpaired) electrons. The van der Waals surface area contributed by atoms with E-state index in [2.05, 4.69) is 23.1 Å². The summed E-state index contributed by atoms with van der Waals surface area (Å²) in [7, 11) is 0. The minimum absolute atomic E-state index is 0.290. The lowest BCUT2D eigenvalue weighted by atomic mass is 10.0. The summed E-state index contributed by atoms with van der Waals surface area (Å²) < 4.78 is 0. The van der Waals surface area contributed by atoms with E-state index in [0.29, 0.717) is 16.6 Å². The maximum atomic E-state index is 11.3. The van der Waals surface area contributed by atoms with Crippen LogP contribution in [0.2, 0.25) is 10.0 Å². The van der Waals surface area contributed by atoms with E-state index < -0.39 is 5.97 Å². The van der Waals surface area contributed by atoms with Crippen molar-refractivity contribution in [3.8, 4) is 11.1 Å². The van der Waals surface area contributed by atoms with Crippen LogP contribution in [0, 0.1) is 0 Å². The van der Waals surface area contributed by atoms with Gasteiger partial charge in [0, 0.05) is 28.8 Å². The largest absolute Gasteiger partial charge is 0.478 e. The van der Waals surface area contributed by atoms with Gasteiger partial charge < -0.3 is 10.0 Å². The summed E-state index contributed by atoms with van der Waals surface area (Å²) in [6.45, 7) is 1.63. The number of aromatic carboxylic acids is 1. The van der Waals surface area contributed by atoms with Crippen LogP contribution in [0.5, 0.6) is 0 Å². The van der Waals surface area contributed by atoms with Gasteiger partial charge >= 0.3 is 5.97 Å². The van der Waals surface area contributed by atoms with Crippen molar-refractivity contribution in [2.75, 3.05) is 11.4 Å². The van der Waals surface area contributed by atoms with Crippen molar-refractivity contribution in [3.63, 3.8) is 0 Å². The molecule has 0 atom stereocenters. The van der Waals surface area contributed by atoms with Crippen LogP contribution >= 0.6 is 23.2 Å². The van der Waals surface area contributed by atoms with Crippen molar-refractivity contribution in [2.24, 2.45) is 0 Å². The summed E-state index contributed by atoms with van der Waals surface area (Å²) in [4.78, 5) is 13.6. The third-order valence-corrected chi connectivity index (χ3v) is 5.48. The van der Waals surface area contributed by atoms with Crippen LogP contribution in [-0.2, 0) is 13.0 Å². The molecule has 3 nitrogen and oxygen atoms in total. The first-order valence-electron chi connectivity index (χ1n) is 8.67. The molecule has 5 heteroatoms. The Balaban J connectivity index is 1.66. The molecule has 0 amide bonds. The molecule has 0 unspecified atom stereocenters. The average molecular weight is 398 g/mol. The SMILES string of the molecule is O=C(O)c1cccc(-c2ccc3c(c2)N(Cc2ccc(Cl)cc2Cl)CC3)c1. The number of hydrogen-bond acceptors (Lipinski definition) is 2. The van der Waals surface area contributed by atoms with Crippen molar-refractivity contribution >= 4 is 34.9 Å². The molecule has 1 aliphatic heterocycles. The lowest BCUT2D eigenvalue weighted by molar-refractivity contribution is 0.0697. The molecule has 3 aromatic carbocycles. The van der Waals surface area contributed by atoms with Crippen LogP contribution in [0.25, 0.3) is 11.1 Å². The molecule has 0 bridgehead atoms. The second-order valence-corrected chi connectivity index (χ2v) is 7.48. The maximum absolute atomic E-state index is 11.3. The molecule has 0 aliphatic carbocycles. The van der Waals surface area contributed by atoms with Crippen molar-refractivity contribution in [1.82, 2.24) is 0 Å². The number of fused-ring (bicyclic) bond motifs is 1. The highest BCUT2D eigenvalue weighted by Gasteiger charge is 2.21. The number of benzene rings is 3. The Morgan fingerprint density at radius 2 is 1.81 bits per heavy atom. The summed E-state index contributed by atoms with van der Waals surface area (Å²) in [5.74, 6) is -0.919. The normalized spacial score (nSPS) is 12.9. The maximum Gasteiger partial charge on any atom is 0.335 e. The first kappa shape index (κ1) is 17.9. The van der Waals surface area contributed by atoms with Gasteiger partial charge in [0.25, 0.3) is 0 Å². The fourth-order valence-electron chi connectivity index (χ4n) is 3.48. The minimum Gasteiger partial charge on any atom is -0.478 e. The average Bonchev–Trinajstić information content (AvgIpc) is 3.06. The molecule has 4 rings (SSSR count). The standard InChI is InChI=1S/C22H17Cl2NO2/c23-19-7-6-18(20(24)12-19)13-25-9-8-14-4-5-16(11-21(14)25)15-2-1-3-17(10-15)22(26)27/h1-7,10-12H,8-9,13H2,(H,26,27). The Kier molecular flexibility index (Phi) is 4.81. The lowest BCUT2D eigenvalue weighted by Crippen LogP contribution is -2.19. The number of rotatable bonds is 4. The molecular formula is C22H17Cl2NO2. The van der Waals surface area contributed by atoms with E-state index in [-0.39, 0.29) is 5.56 Å². The predicted octanol–water partition coefficient (Wildman–Crippen LogP) is 5.92. The zero-order chi connectivity index (χ0) is 19.0. The molecule has 1 heterocycles. The van der Waals surface area contributed by atoms with Crippen LogP contribution in [-0.4, -0.2) is 17.6 Å². The van der Waals surface area contributed by atoms with Gasteiger partial charge in [-0.2, -0.15) is 0 Å². The molecule has 0 saturated heterocycles. The minimum atomic E-state index is -0.919. The molecule has 0 saturated carbocycles. The number of hydrogen-bond donors (Lipinski definition) is 1. The zero-order valence-corrected chi connectivity index (χ0v) is 16.0. The Morgan fingerprint density at radius 3 is 2.59 bits per heavy atom. The quantitative estimate of drug-likeness (QED) is 0.593. The van der Waals surface area contributed by atoms with Crippen molar-refractivity contribution in [3.05, 3.63) is 87.4 Å². The van der Waals surface area contributed by atoms with Crippen molar-refractivity contribution in [1.29, 1.82) is 0 Å². The van der Waals surface area contributed by atoms with Gasteiger partial charge in [0.2, 0.25) is 0 Å². The smallest absolute Gasteiger partial charge is 0.335 e. The van der Waals surface area contributed by atoms with Crippen LogP contribution < -0.4 is 4.90 Å². The second-order valence-electron chi connectivity index (χ2n) is 6.64. The first-order chi connectivity index (χ1) is 13.0. The predicted molar refractivity (Wildman–Crippen MR) is 110 cm³/mol. The highest BCUT2D eigenvalue weighted by Crippen LogP contribution is 2.35. The van der Waals surface area contributed by atoms with Gasteiger partial charge in [-0.25, -0.2) is 4.79 Å². The molecule has 136 valence electrons. The third-order valence-electron chi connectivity index (χ3n) is 4.90. The fraction of sp³-hybridized carbons (Fsp3) is 0.136. The topological polar surface area (TPSA) is 40.5 Å². The number of nitrogens with zero attached hydrogens (tertiary/aromatic N) is 1. The van der Waals surface area contributed by atoms with Crippen LogP contribution in [0.4, 0.5) is 5.69 Å². The molecule has 3 aromatic rings. The van der Waals surface area contributed by atoms with E-state index >= 15 is 0 Å². The number of anilines is 1. The van der Waals surface area contributed by atoms with E-state index in [1.54, 1.807) is 24.3 Å². The first-order valence-corrected chi connectivity index (χ1v) is 9.42. The highest BCUT2D eigenvalue weighted by atomic mass is 35.5. The van der Waals surface area contributed by atoms with Gasteiger partial charge in [0.15, 0.2) is 0 Å². The summed E-state index contributed by atoms with van der Waals surface area (Å²) in [5, 5.41) is 10.5. The van der Waals surface area contributed by atoms with E-state index in [9.17, 15) is 9.90 Å². The van der Waals surface area contributed by atoms with Gasteiger partial charge in [-0.3, -0.25) is 0 Å². The molecule has 0 fully saturated rings. The van der Waals surface area contributed by atoms with Gasteiger partial charge in [-0.1, -0.05) is 53.5 Å². The third kappa shape index (κ3) is 3.66. The lowest BCUT2D eigenvalue weighted by Gasteiger charge is -2.21. The molecule has 0 aromatic heterocycles. The number of carbonyl (C=O) groups is 1. The molecule has 0 spiro atoms. The van der Waals surface area contributed by atoms with Crippen LogP contribution in [0.3, 0.4) is 0 Å². The van der Waals surface area contributed by atoms with E-state index in [1.807, 2.05) is 18.2 Å². The Hall–Kier alpha value is -2.49. The summed E-state index contributed by atoms with van der Waals surface area (Å²) in [6, 6.07) is 18.9. The van der Waals surface area contributed by atoms with Gasteiger partial charge in [-0.05, 0) is 59.0 Å². The second kappa shape index (κ2) is 7.26. The number of carboxylic acid groups (broad SMARTS) is 1. The van der Waals surface area contributed by atoms with Crippen molar-refractivity contribution < 1.29 is 9.90 Å². The fourth-order valence-corrected chi connectivity index (χ4v) is 3.94. The van der Waals surface area contributed by atoms with E-state index in [4.69, 9.17) is 23.2 Å². The van der Waals surface area contributed by atoms with E-state index in [1.165, 1.54) is 11.3 Å². The number of halogens is 2. The summed E-state index contributed by atoms with van der Waals surface area (Å²) in [5.41, 5.74) is 5.68. The van der Waals surface area contributed by atoms with Gasteiger partial charge in [0.1, 0.15) is 0 Å². The van der Waals surface area contributed by atoms with E-state index in [0.717, 1.165) is 29.7 Å². The highest BCUT2D eigenvalue weighted by molar-refractivity contribution is 6.35.